The van der Waals surface area contributed by atoms with Crippen LogP contribution in [0.5, 0.6) is 0 Å². The molecule has 0 rings (SSSR count). The molecule has 0 aromatic heterocycles. The van der Waals surface area contributed by atoms with Crippen LogP contribution < -0.4 is 0 Å². The van der Waals surface area contributed by atoms with Crippen LogP contribution in [0.25, 0.3) is 0 Å². The summed E-state index contributed by atoms with van der Waals surface area (Å²) >= 11 is 0. The number of methoxy groups -OCH3 is 1. The summed E-state index contributed by atoms with van der Waals surface area (Å²) in [4.78, 5) is 0. The molecule has 290 valence electrons. The third-order valence-electron chi connectivity index (χ3n) is 6.06. The van der Waals surface area contributed by atoms with Crippen LogP contribution in [0.2, 0.25) is 0 Å². The van der Waals surface area contributed by atoms with Gasteiger partial charge in [-0.05, 0) is 6.42 Å². The maximum atomic E-state index is 13.8. The highest BCUT2D eigenvalue weighted by molar-refractivity contribution is 5.22. The molecule has 0 aromatic rings. The van der Waals surface area contributed by atoms with E-state index in [0.717, 1.165) is 0 Å². The van der Waals surface area contributed by atoms with E-state index >= 15 is 0 Å². The fourth-order valence-corrected chi connectivity index (χ4v) is 3.14. The van der Waals surface area contributed by atoms with Crippen molar-refractivity contribution < 1.29 is 132 Å². The molecule has 0 heterocycles. The third kappa shape index (κ3) is 5.54. The molecule has 0 aliphatic rings. The molecule has 0 bridgehead atoms. The van der Waals surface area contributed by atoms with E-state index in [-0.39, 0.29) is 0 Å². The number of hydrogen-bond acceptors (Lipinski definition) is 1. The molecule has 0 N–H and O–H groups in total. The Morgan fingerprint density at radius 2 is 0.521 bits per heavy atom. The van der Waals surface area contributed by atoms with Gasteiger partial charge in [0, 0.05) is 20.1 Å². The van der Waals surface area contributed by atoms with Crippen molar-refractivity contribution in [1.82, 2.24) is 0 Å². The Morgan fingerprint density at radius 1 is 0.312 bits per heavy atom. The molecule has 1 nitrogen and oxygen atoms in total. The summed E-state index contributed by atoms with van der Waals surface area (Å²) in [5, 5.41) is 0. The lowest BCUT2D eigenvalue weighted by Crippen LogP contribution is -2.80. The molecule has 0 saturated heterocycles. The zero-order chi connectivity index (χ0) is 39.8. The Kier molecular flexibility index (Phi) is 11.2. The van der Waals surface area contributed by atoms with Crippen molar-refractivity contribution in [3.63, 3.8) is 0 Å². The fourth-order valence-electron chi connectivity index (χ4n) is 3.14. The zero-order valence-corrected chi connectivity index (χ0v) is 21.5. The summed E-state index contributed by atoms with van der Waals surface area (Å²) in [6, 6.07) is 0. The summed E-state index contributed by atoms with van der Waals surface area (Å²) in [7, 11) is 0.554. The van der Waals surface area contributed by atoms with Crippen molar-refractivity contribution in [2.24, 2.45) is 0 Å². The smallest absolute Gasteiger partial charge is 0.385 e. The average Bonchev–Trinajstić information content (AvgIpc) is 2.85. The summed E-state index contributed by atoms with van der Waals surface area (Å²) in [5.74, 6) is -102. The minimum Gasteiger partial charge on any atom is -0.385 e. The van der Waals surface area contributed by atoms with Gasteiger partial charge in [-0.25, -0.2) is 4.39 Å². The van der Waals surface area contributed by atoms with Crippen LogP contribution in [0.3, 0.4) is 0 Å². The molecule has 48 heavy (non-hydrogen) atoms. The van der Waals surface area contributed by atoms with Gasteiger partial charge in [0.25, 0.3) is 0 Å². The molecule has 0 aliphatic heterocycles. The van der Waals surface area contributed by atoms with Crippen LogP contribution in [-0.4, -0.2) is 96.9 Å². The summed E-state index contributed by atoms with van der Waals surface area (Å²) in [6.07, 6.45) is -22.0. The van der Waals surface area contributed by atoms with E-state index in [1.54, 1.807) is 0 Å². The molecule has 0 spiro atoms. The van der Waals surface area contributed by atoms with Gasteiger partial charge in [0.15, 0.2) is 0 Å². The normalized spacial score (nSPS) is 16.9. The lowest BCUT2D eigenvalue weighted by Gasteiger charge is -2.47. The first-order valence-corrected chi connectivity index (χ1v) is 10.8. The van der Waals surface area contributed by atoms with Gasteiger partial charge in [0.2, 0.25) is 0 Å². The van der Waals surface area contributed by atoms with Crippen molar-refractivity contribution in [3.05, 3.63) is 0 Å². The van der Waals surface area contributed by atoms with Gasteiger partial charge in [0.05, 0.1) is 0 Å². The second-order valence-electron chi connectivity index (χ2n) is 9.20. The predicted octanol–water partition coefficient (Wildman–Crippen LogP) is 10.2. The van der Waals surface area contributed by atoms with Crippen molar-refractivity contribution in [2.75, 3.05) is 13.7 Å². The Bertz CT molecular complexity index is 1110. The number of rotatable bonds is 15. The van der Waals surface area contributed by atoms with Crippen LogP contribution in [0.15, 0.2) is 0 Å². The molecular formula is C18H9F29O. The van der Waals surface area contributed by atoms with Crippen LogP contribution >= 0.6 is 0 Å². The van der Waals surface area contributed by atoms with Gasteiger partial charge >= 0.3 is 83.2 Å². The molecule has 0 aliphatic carbocycles. The lowest BCUT2D eigenvalue weighted by molar-refractivity contribution is -0.489. The summed E-state index contributed by atoms with van der Waals surface area (Å²) in [5.41, 5.74) is -9.28. The molecular weight excluding hydrogens is 783 g/mol. The third-order valence-corrected chi connectivity index (χ3v) is 6.06. The molecule has 0 amide bonds. The minimum atomic E-state index is -9.96. The first-order chi connectivity index (χ1) is 20.3. The van der Waals surface area contributed by atoms with E-state index in [0.29, 0.717) is 7.11 Å². The van der Waals surface area contributed by atoms with Gasteiger partial charge < -0.3 is 4.74 Å². The lowest BCUT2D eigenvalue weighted by atomic mass is 9.81. The molecule has 0 fully saturated rings. The molecule has 0 radical (unpaired) electrons. The molecule has 0 aromatic carbocycles. The first-order valence-electron chi connectivity index (χ1n) is 10.8. The minimum absolute atomic E-state index is 0.554. The second kappa shape index (κ2) is 11.7. The van der Waals surface area contributed by atoms with E-state index in [1.165, 1.54) is 0 Å². The Morgan fingerprint density at radius 3 is 0.729 bits per heavy atom. The van der Waals surface area contributed by atoms with Crippen LogP contribution in [-0.2, 0) is 4.74 Å². The van der Waals surface area contributed by atoms with E-state index in [2.05, 4.69) is 4.74 Å². The Balaban J connectivity index is 7.55. The van der Waals surface area contributed by atoms with Crippen molar-refractivity contribution in [1.29, 1.82) is 0 Å². The highest BCUT2D eigenvalue weighted by atomic mass is 19.4. The number of halogens is 29. The van der Waals surface area contributed by atoms with Gasteiger partial charge in [-0.2, -0.15) is 123 Å². The fraction of sp³-hybridized carbons (Fsp3) is 1.00. The highest BCUT2D eigenvalue weighted by Crippen LogP contribution is 2.69. The highest BCUT2D eigenvalue weighted by Gasteiger charge is 3.01. The summed E-state index contributed by atoms with van der Waals surface area (Å²) < 4.78 is 394. The topological polar surface area (TPSA) is 9.23 Å². The molecule has 0 atom stereocenters. The monoisotopic (exact) mass is 792 g/mol. The molecule has 30 heteroatoms. The van der Waals surface area contributed by atoms with E-state index < -0.39 is 103 Å². The second-order valence-corrected chi connectivity index (χ2v) is 9.20. The standard InChI is InChI=1S/C18H9F29O/c1-48-4-2-3-5(19,20)7(22,23)9(26,27)11(30,31)13(34,35)15(38,39)16(40,41)14(36,37)12(32,33)10(28,29)8(24,25)6(21,17(42,43)44)18(45,46)47/h2-4H2,1H3. The number of alkyl halides is 29. The SMILES string of the molecule is COCCCC(F)(F)C(F)(F)C(F)(F)C(F)(F)C(F)(F)C(F)(F)C(F)(F)C(F)(F)C(F)(F)C(F)(F)C(F)(F)C(F)(C(F)(F)F)C(F)(F)F. The average molecular weight is 792 g/mol. The van der Waals surface area contributed by atoms with Gasteiger partial charge in [-0.3, -0.25) is 0 Å². The number of ether oxygens (including phenoxy) is 1. The molecule has 0 unspecified atom stereocenters. The largest absolute Gasteiger partial charge is 0.438 e. The number of hydrogen-bond donors (Lipinski definition) is 0. The quantitative estimate of drug-likeness (QED) is 0.119. The maximum Gasteiger partial charge on any atom is 0.438 e. The van der Waals surface area contributed by atoms with Gasteiger partial charge in [-0.1, -0.05) is 0 Å². The van der Waals surface area contributed by atoms with E-state index in [4.69, 9.17) is 0 Å². The van der Waals surface area contributed by atoms with Crippen LogP contribution in [0, 0.1) is 0 Å². The van der Waals surface area contributed by atoms with E-state index in [9.17, 15) is 127 Å². The molecule has 0 saturated carbocycles. The van der Waals surface area contributed by atoms with Gasteiger partial charge in [0.1, 0.15) is 0 Å². The van der Waals surface area contributed by atoms with Crippen molar-refractivity contribution in [3.8, 4) is 0 Å². The van der Waals surface area contributed by atoms with Crippen molar-refractivity contribution >= 4 is 0 Å². The predicted molar refractivity (Wildman–Crippen MR) is 91.5 cm³/mol. The maximum absolute atomic E-state index is 13.8. The van der Waals surface area contributed by atoms with Crippen molar-refractivity contribution in [2.45, 2.75) is 96.0 Å². The Labute approximate surface area is 243 Å². The van der Waals surface area contributed by atoms with Crippen LogP contribution in [0.4, 0.5) is 127 Å². The van der Waals surface area contributed by atoms with Crippen LogP contribution in [0.1, 0.15) is 12.8 Å². The zero-order valence-electron chi connectivity index (χ0n) is 21.5. The van der Waals surface area contributed by atoms with E-state index in [1.807, 2.05) is 0 Å². The first kappa shape index (κ1) is 45.9. The Hall–Kier alpha value is -2.07. The summed E-state index contributed by atoms with van der Waals surface area (Å²) in [6.45, 7) is -1.20. The van der Waals surface area contributed by atoms with Gasteiger partial charge in [-0.15, -0.1) is 0 Å².